The lowest BCUT2D eigenvalue weighted by Crippen LogP contribution is -2.23. The van der Waals surface area contributed by atoms with Crippen LogP contribution >= 0.6 is 27.3 Å². The number of nitrogens with zero attached hydrogens (tertiary/aromatic N) is 3. The third-order valence-electron chi connectivity index (χ3n) is 5.10. The Bertz CT molecular complexity index is 1330. The Morgan fingerprint density at radius 2 is 1.88 bits per heavy atom. The summed E-state index contributed by atoms with van der Waals surface area (Å²) in [5, 5.41) is 6.04. The lowest BCUT2D eigenvalue weighted by molar-refractivity contribution is -0.142. The van der Waals surface area contributed by atoms with E-state index in [0.717, 1.165) is 10.7 Å². The van der Waals surface area contributed by atoms with Gasteiger partial charge in [-0.1, -0.05) is 0 Å². The van der Waals surface area contributed by atoms with E-state index in [-0.39, 0.29) is 42.4 Å². The second kappa shape index (κ2) is 8.22. The summed E-state index contributed by atoms with van der Waals surface area (Å²) in [5.41, 5.74) is 3.16. The lowest BCUT2D eigenvalue weighted by atomic mass is 10.1. The zero-order valence-corrected chi connectivity index (χ0v) is 19.5. The molecule has 1 aliphatic rings. The molecule has 3 heterocycles. The third-order valence-corrected chi connectivity index (χ3v) is 6.98. The van der Waals surface area contributed by atoms with E-state index in [9.17, 15) is 35.9 Å². The lowest BCUT2D eigenvalue weighted by Gasteiger charge is -2.11. The molecule has 182 valence electrons. The minimum atomic E-state index is -4.74. The van der Waals surface area contributed by atoms with E-state index in [2.05, 4.69) is 31.3 Å². The van der Waals surface area contributed by atoms with Crippen LogP contribution < -0.4 is 11.1 Å². The molecule has 0 radical (unpaired) electrons. The summed E-state index contributed by atoms with van der Waals surface area (Å²) in [4.78, 5) is 27.8. The first-order valence-electron chi connectivity index (χ1n) is 9.62. The predicted octanol–water partition coefficient (Wildman–Crippen LogP) is 5.22. The number of hydrogen-bond acceptors (Lipinski definition) is 5. The fraction of sp³-hybridized carbons (Fsp3) is 0.368. The summed E-state index contributed by atoms with van der Waals surface area (Å²) >= 11 is 3.50. The van der Waals surface area contributed by atoms with E-state index >= 15 is 0 Å². The van der Waals surface area contributed by atoms with Gasteiger partial charge in [0.05, 0.1) is 15.9 Å². The summed E-state index contributed by atoms with van der Waals surface area (Å²) in [6, 6.07) is 0.765. The molecule has 0 bridgehead atoms. The highest BCUT2D eigenvalue weighted by molar-refractivity contribution is 9.10. The average molecular weight is 570 g/mol. The SMILES string of the molecule is Cc1cc(C(F)(F)F)nc2sc(C(N)=O)c(NC(=O)Cn3nc(C(F)(F)F)c(Br)c3C3CC3)c12. The van der Waals surface area contributed by atoms with Crippen molar-refractivity contribution in [3.63, 3.8) is 0 Å². The third kappa shape index (κ3) is 4.50. The maximum Gasteiger partial charge on any atom is 0.436 e. The van der Waals surface area contributed by atoms with Crippen LogP contribution in [0.15, 0.2) is 10.5 Å². The number of aryl methyl sites for hydroxylation is 1. The Morgan fingerprint density at radius 1 is 1.24 bits per heavy atom. The molecule has 3 N–H and O–H groups in total. The molecule has 1 aliphatic carbocycles. The van der Waals surface area contributed by atoms with Crippen molar-refractivity contribution >= 4 is 55.0 Å². The fourth-order valence-corrected chi connectivity index (χ4v) is 5.43. The van der Waals surface area contributed by atoms with Crippen molar-refractivity contribution in [2.45, 2.75) is 44.6 Å². The normalized spacial score (nSPS) is 14.6. The Morgan fingerprint density at radius 3 is 2.41 bits per heavy atom. The number of pyridine rings is 1. The number of alkyl halides is 6. The number of rotatable bonds is 5. The molecule has 15 heteroatoms. The molecule has 7 nitrogen and oxygen atoms in total. The van der Waals surface area contributed by atoms with Gasteiger partial charge in [0.1, 0.15) is 21.9 Å². The molecular weight excluding hydrogens is 556 g/mol. The molecule has 0 atom stereocenters. The van der Waals surface area contributed by atoms with Crippen molar-refractivity contribution in [2.75, 3.05) is 5.32 Å². The molecule has 3 aromatic rings. The Hall–Kier alpha value is -2.68. The number of hydrogen-bond donors (Lipinski definition) is 2. The standard InChI is InChI=1S/C19H14BrF6N5O2S/c1-6-4-8(18(21,22)23)28-17-10(6)12(14(34-17)16(27)33)29-9(32)5-31-13(7-2-3-7)11(20)15(30-31)19(24,25)26/h4,7H,2-3,5H2,1H3,(H2,27,33)(H,29,32). The summed E-state index contributed by atoms with van der Waals surface area (Å²) in [6.07, 6.45) is -8.21. The second-order valence-corrected chi connectivity index (χ2v) is 9.49. The van der Waals surface area contributed by atoms with Gasteiger partial charge in [-0.2, -0.15) is 31.4 Å². The molecule has 4 rings (SSSR count). The Kier molecular flexibility index (Phi) is 5.91. The van der Waals surface area contributed by atoms with Crippen LogP contribution in [0.1, 0.15) is 51.1 Å². The number of primary amides is 1. The minimum absolute atomic E-state index is 0.0798. The maximum atomic E-state index is 13.3. The number of nitrogens with two attached hydrogens (primary N) is 1. The van der Waals surface area contributed by atoms with Crippen molar-refractivity contribution in [2.24, 2.45) is 5.73 Å². The zero-order chi connectivity index (χ0) is 25.2. The van der Waals surface area contributed by atoms with Crippen LogP contribution in [0.25, 0.3) is 10.2 Å². The number of fused-ring (bicyclic) bond motifs is 1. The summed E-state index contributed by atoms with van der Waals surface area (Å²) < 4.78 is 80.0. The predicted molar refractivity (Wildman–Crippen MR) is 113 cm³/mol. The molecule has 0 aliphatic heterocycles. The van der Waals surface area contributed by atoms with Gasteiger partial charge in [-0.25, -0.2) is 4.98 Å². The summed E-state index contributed by atoms with van der Waals surface area (Å²) in [6.45, 7) is 0.723. The fourth-order valence-electron chi connectivity index (χ4n) is 3.54. The first-order valence-corrected chi connectivity index (χ1v) is 11.2. The van der Waals surface area contributed by atoms with Gasteiger partial charge < -0.3 is 11.1 Å². The number of carbonyl (C=O) groups excluding carboxylic acids is 2. The number of amides is 2. The van der Waals surface area contributed by atoms with E-state index in [4.69, 9.17) is 5.73 Å². The molecular formula is C19H14BrF6N5O2S. The monoisotopic (exact) mass is 569 g/mol. The summed E-state index contributed by atoms with van der Waals surface area (Å²) in [5.74, 6) is -2.04. The largest absolute Gasteiger partial charge is 0.436 e. The molecule has 0 saturated heterocycles. The van der Waals surface area contributed by atoms with Crippen LogP contribution in [-0.2, 0) is 23.7 Å². The van der Waals surface area contributed by atoms with E-state index < -0.39 is 42.1 Å². The van der Waals surface area contributed by atoms with Crippen LogP contribution in [0.5, 0.6) is 0 Å². The zero-order valence-electron chi connectivity index (χ0n) is 17.1. The van der Waals surface area contributed by atoms with Crippen LogP contribution in [0, 0.1) is 6.92 Å². The first kappa shape index (κ1) is 24.4. The topological polar surface area (TPSA) is 103 Å². The van der Waals surface area contributed by atoms with Crippen molar-refractivity contribution in [3.8, 4) is 0 Å². The highest BCUT2D eigenvalue weighted by Gasteiger charge is 2.42. The molecule has 1 saturated carbocycles. The number of carbonyl (C=O) groups is 2. The molecule has 0 spiro atoms. The molecule has 34 heavy (non-hydrogen) atoms. The number of thiophene rings is 1. The Labute approximate surface area is 199 Å². The van der Waals surface area contributed by atoms with Gasteiger partial charge in [-0.05, 0) is 47.3 Å². The summed E-state index contributed by atoms with van der Waals surface area (Å²) in [7, 11) is 0. The van der Waals surface area contributed by atoms with Crippen molar-refractivity contribution in [1.29, 1.82) is 0 Å². The maximum absolute atomic E-state index is 13.3. The van der Waals surface area contributed by atoms with Crippen molar-refractivity contribution in [1.82, 2.24) is 14.8 Å². The highest BCUT2D eigenvalue weighted by atomic mass is 79.9. The van der Waals surface area contributed by atoms with E-state index in [0.29, 0.717) is 24.2 Å². The number of halogens is 7. The van der Waals surface area contributed by atoms with E-state index in [1.807, 2.05) is 0 Å². The van der Waals surface area contributed by atoms with Gasteiger partial charge in [0.2, 0.25) is 5.91 Å². The van der Waals surface area contributed by atoms with E-state index in [1.54, 1.807) is 0 Å². The average Bonchev–Trinajstić information content (AvgIpc) is 3.36. The van der Waals surface area contributed by atoms with E-state index in [1.165, 1.54) is 6.92 Å². The minimum Gasteiger partial charge on any atom is -0.365 e. The molecule has 0 aromatic carbocycles. The van der Waals surface area contributed by atoms with Gasteiger partial charge in [0.25, 0.3) is 5.91 Å². The van der Waals surface area contributed by atoms with Gasteiger partial charge in [0.15, 0.2) is 5.69 Å². The number of anilines is 1. The number of nitrogens with one attached hydrogen (secondary N) is 1. The van der Waals surface area contributed by atoms with Crippen LogP contribution in [0.2, 0.25) is 0 Å². The Balaban J connectivity index is 1.72. The molecule has 1 fully saturated rings. The second-order valence-electron chi connectivity index (χ2n) is 7.70. The highest BCUT2D eigenvalue weighted by Crippen LogP contribution is 2.47. The number of aromatic nitrogens is 3. The van der Waals surface area contributed by atoms with Gasteiger partial charge in [0, 0.05) is 11.3 Å². The van der Waals surface area contributed by atoms with Crippen molar-refractivity contribution in [3.05, 3.63) is 38.1 Å². The van der Waals surface area contributed by atoms with Crippen LogP contribution in [0.3, 0.4) is 0 Å². The van der Waals surface area contributed by atoms with Gasteiger partial charge in [-0.3, -0.25) is 14.3 Å². The van der Waals surface area contributed by atoms with Gasteiger partial charge in [-0.15, -0.1) is 11.3 Å². The van der Waals surface area contributed by atoms with Crippen LogP contribution in [-0.4, -0.2) is 26.6 Å². The molecule has 0 unspecified atom stereocenters. The first-order chi connectivity index (χ1) is 15.7. The van der Waals surface area contributed by atoms with Gasteiger partial charge >= 0.3 is 12.4 Å². The van der Waals surface area contributed by atoms with Crippen LogP contribution in [0.4, 0.5) is 32.0 Å². The smallest absolute Gasteiger partial charge is 0.365 e. The molecule has 2 amide bonds. The quantitative estimate of drug-likeness (QED) is 0.411. The molecule has 3 aromatic heterocycles. The van der Waals surface area contributed by atoms with Crippen molar-refractivity contribution < 1.29 is 35.9 Å².